The fraction of sp³-hybridized carbons (Fsp3) is 0.231. The number of alkyl halides is 3. The fourth-order valence-electron chi connectivity index (χ4n) is 1.80. The molecule has 112 valence electrons. The molecule has 0 radical (unpaired) electrons. The minimum atomic E-state index is -4.92. The van der Waals surface area contributed by atoms with Gasteiger partial charge in [-0.25, -0.2) is 4.68 Å². The van der Waals surface area contributed by atoms with Crippen LogP contribution in [0.1, 0.15) is 21.6 Å². The molecule has 1 aromatic carbocycles. The molecule has 0 atom stereocenters. The molecule has 0 fully saturated rings. The van der Waals surface area contributed by atoms with E-state index in [1.54, 1.807) is 25.1 Å². The fourth-order valence-corrected chi connectivity index (χ4v) is 1.80. The zero-order chi connectivity index (χ0) is 15.8. The number of nitrogens with one attached hydrogen (secondary N) is 1. The Morgan fingerprint density at radius 3 is 2.48 bits per heavy atom. The third kappa shape index (κ3) is 2.88. The second-order valence-electron chi connectivity index (χ2n) is 4.40. The molecule has 0 unspecified atom stereocenters. The minimum Gasteiger partial charge on any atom is -0.322 e. The molecule has 0 aliphatic rings. The number of anilines is 1. The first-order valence-electron chi connectivity index (χ1n) is 5.88. The normalized spacial score (nSPS) is 11.5. The van der Waals surface area contributed by atoms with Gasteiger partial charge >= 0.3 is 6.18 Å². The molecule has 2 aromatic rings. The van der Waals surface area contributed by atoms with Gasteiger partial charge in [0.05, 0.1) is 0 Å². The molecule has 0 aliphatic heterocycles. The first-order chi connectivity index (χ1) is 9.71. The van der Waals surface area contributed by atoms with Crippen LogP contribution >= 0.6 is 0 Å². The number of carbonyl (C=O) groups is 1. The molecule has 1 amide bonds. The van der Waals surface area contributed by atoms with E-state index in [4.69, 9.17) is 0 Å². The predicted octanol–water partition coefficient (Wildman–Crippen LogP) is 3.14. The van der Waals surface area contributed by atoms with Crippen LogP contribution in [0.25, 0.3) is 0 Å². The second kappa shape index (κ2) is 5.19. The number of benzene rings is 1. The zero-order valence-electron chi connectivity index (χ0n) is 11.1. The Hall–Kier alpha value is -2.38. The van der Waals surface area contributed by atoms with E-state index in [2.05, 4.69) is 10.4 Å². The lowest BCUT2D eigenvalue weighted by Gasteiger charge is -2.09. The van der Waals surface area contributed by atoms with Crippen molar-refractivity contribution in [2.45, 2.75) is 13.1 Å². The average molecular weight is 301 g/mol. The second-order valence-corrected chi connectivity index (χ2v) is 4.40. The molecule has 1 N–H and O–H groups in total. The molecular formula is C13H11F4N3O. The summed E-state index contributed by atoms with van der Waals surface area (Å²) < 4.78 is 52.5. The molecule has 0 spiro atoms. The quantitative estimate of drug-likeness (QED) is 0.866. The number of hydrogen-bond donors (Lipinski definition) is 1. The van der Waals surface area contributed by atoms with E-state index in [-0.39, 0.29) is 0 Å². The SMILES string of the molecule is Cc1ccccc1NC(=O)c1c(C(F)(F)F)nn(C)c1F. The molecule has 0 bridgehead atoms. The number of halogens is 4. The molecule has 4 nitrogen and oxygen atoms in total. The van der Waals surface area contributed by atoms with Gasteiger partial charge in [0.15, 0.2) is 5.69 Å². The van der Waals surface area contributed by atoms with Crippen molar-refractivity contribution in [3.8, 4) is 0 Å². The summed E-state index contributed by atoms with van der Waals surface area (Å²) in [5.74, 6) is -2.53. The first-order valence-corrected chi connectivity index (χ1v) is 5.88. The van der Waals surface area contributed by atoms with Crippen molar-refractivity contribution in [2.24, 2.45) is 7.05 Å². The Morgan fingerprint density at radius 2 is 1.90 bits per heavy atom. The van der Waals surface area contributed by atoms with Crippen LogP contribution in [0.15, 0.2) is 24.3 Å². The lowest BCUT2D eigenvalue weighted by molar-refractivity contribution is -0.141. The van der Waals surface area contributed by atoms with E-state index >= 15 is 0 Å². The third-order valence-electron chi connectivity index (χ3n) is 2.87. The number of para-hydroxylation sites is 1. The van der Waals surface area contributed by atoms with Gasteiger partial charge in [-0.1, -0.05) is 18.2 Å². The summed E-state index contributed by atoms with van der Waals surface area (Å²) in [7, 11) is 0.995. The lowest BCUT2D eigenvalue weighted by Crippen LogP contribution is -2.19. The van der Waals surface area contributed by atoms with Crippen LogP contribution in [0.4, 0.5) is 23.2 Å². The monoisotopic (exact) mass is 301 g/mol. The van der Waals surface area contributed by atoms with Crippen molar-refractivity contribution in [3.05, 3.63) is 47.0 Å². The summed E-state index contributed by atoms with van der Waals surface area (Å²) in [6, 6.07) is 6.48. The van der Waals surface area contributed by atoms with Gasteiger partial charge in [0.1, 0.15) is 5.56 Å². The Morgan fingerprint density at radius 1 is 1.29 bits per heavy atom. The molecule has 0 saturated heterocycles. The van der Waals surface area contributed by atoms with Crippen LogP contribution in [-0.2, 0) is 13.2 Å². The minimum absolute atomic E-state index is 0.305. The van der Waals surface area contributed by atoms with E-state index in [1.165, 1.54) is 6.07 Å². The number of aromatic nitrogens is 2. The molecular weight excluding hydrogens is 290 g/mol. The van der Waals surface area contributed by atoms with E-state index in [9.17, 15) is 22.4 Å². The smallest absolute Gasteiger partial charge is 0.322 e. The first kappa shape index (κ1) is 15.0. The molecule has 0 aliphatic carbocycles. The molecule has 21 heavy (non-hydrogen) atoms. The zero-order valence-corrected chi connectivity index (χ0v) is 11.1. The summed E-state index contributed by atoms with van der Waals surface area (Å²) in [5, 5.41) is 5.28. The van der Waals surface area contributed by atoms with Crippen molar-refractivity contribution in [1.29, 1.82) is 0 Å². The van der Waals surface area contributed by atoms with Gasteiger partial charge in [0, 0.05) is 12.7 Å². The highest BCUT2D eigenvalue weighted by atomic mass is 19.4. The standard InChI is InChI=1S/C13H11F4N3O/c1-7-5-3-4-6-8(7)18-12(21)9-10(13(15,16)17)19-20(2)11(9)14/h3-6H,1-2H3,(H,18,21). The maximum atomic E-state index is 13.7. The largest absolute Gasteiger partial charge is 0.436 e. The van der Waals surface area contributed by atoms with E-state index in [0.29, 0.717) is 15.9 Å². The topological polar surface area (TPSA) is 46.9 Å². The van der Waals surface area contributed by atoms with Crippen LogP contribution in [0.2, 0.25) is 0 Å². The molecule has 1 heterocycles. The summed E-state index contributed by atoms with van der Waals surface area (Å²) in [6.07, 6.45) is -4.92. The number of aryl methyl sites for hydroxylation is 2. The maximum Gasteiger partial charge on any atom is 0.436 e. The Bertz CT molecular complexity index is 691. The van der Waals surface area contributed by atoms with Crippen LogP contribution in [-0.4, -0.2) is 15.7 Å². The highest BCUT2D eigenvalue weighted by molar-refractivity contribution is 6.05. The molecule has 1 aromatic heterocycles. The van der Waals surface area contributed by atoms with E-state index in [1.807, 2.05) is 0 Å². The highest BCUT2D eigenvalue weighted by Crippen LogP contribution is 2.32. The van der Waals surface area contributed by atoms with Gasteiger partial charge in [-0.05, 0) is 18.6 Å². The van der Waals surface area contributed by atoms with Crippen LogP contribution in [0.3, 0.4) is 0 Å². The van der Waals surface area contributed by atoms with Crippen molar-refractivity contribution in [3.63, 3.8) is 0 Å². The lowest BCUT2D eigenvalue weighted by atomic mass is 10.1. The van der Waals surface area contributed by atoms with Gasteiger partial charge in [0.2, 0.25) is 5.95 Å². The van der Waals surface area contributed by atoms with E-state index in [0.717, 1.165) is 7.05 Å². The molecule has 2 rings (SSSR count). The van der Waals surface area contributed by atoms with Crippen molar-refractivity contribution in [1.82, 2.24) is 9.78 Å². The number of nitrogens with zero attached hydrogens (tertiary/aromatic N) is 2. The summed E-state index contributed by atoms with van der Waals surface area (Å²) >= 11 is 0. The predicted molar refractivity (Wildman–Crippen MR) is 67.3 cm³/mol. The van der Waals surface area contributed by atoms with Crippen LogP contribution < -0.4 is 5.32 Å². The molecule has 0 saturated carbocycles. The summed E-state index contributed by atoms with van der Waals surface area (Å²) in [5.41, 5.74) is -1.72. The van der Waals surface area contributed by atoms with Crippen molar-refractivity contribution >= 4 is 11.6 Å². The Labute approximate surface area is 117 Å². The van der Waals surface area contributed by atoms with Crippen molar-refractivity contribution in [2.75, 3.05) is 5.32 Å². The average Bonchev–Trinajstić information content (AvgIpc) is 2.69. The van der Waals surface area contributed by atoms with Gasteiger partial charge in [-0.15, -0.1) is 0 Å². The number of carbonyl (C=O) groups excluding carboxylic acids is 1. The van der Waals surface area contributed by atoms with Gasteiger partial charge in [-0.2, -0.15) is 22.7 Å². The summed E-state index contributed by atoms with van der Waals surface area (Å²) in [4.78, 5) is 12.0. The number of amides is 1. The van der Waals surface area contributed by atoms with Gasteiger partial charge < -0.3 is 5.32 Å². The number of hydrogen-bond acceptors (Lipinski definition) is 2. The Kier molecular flexibility index (Phi) is 3.71. The highest BCUT2D eigenvalue weighted by Gasteiger charge is 2.41. The molecule has 8 heteroatoms. The maximum absolute atomic E-state index is 13.7. The van der Waals surface area contributed by atoms with E-state index < -0.39 is 29.3 Å². The van der Waals surface area contributed by atoms with Crippen molar-refractivity contribution < 1.29 is 22.4 Å². The third-order valence-corrected chi connectivity index (χ3v) is 2.87. The van der Waals surface area contributed by atoms with Crippen LogP contribution in [0, 0.1) is 12.9 Å². The van der Waals surface area contributed by atoms with Crippen LogP contribution in [0.5, 0.6) is 0 Å². The van der Waals surface area contributed by atoms with Gasteiger partial charge in [0.25, 0.3) is 5.91 Å². The summed E-state index contributed by atoms with van der Waals surface area (Å²) in [6.45, 7) is 1.67. The number of rotatable bonds is 2. The van der Waals surface area contributed by atoms with Gasteiger partial charge in [-0.3, -0.25) is 4.79 Å². The Balaban J connectivity index is 2.43.